The molecule has 0 unspecified atom stereocenters. The SMILES string of the molecule is Nc1nc2cnc(C(=O)N3CCO[C@@H]4Oc5cc(Br)c(Cl)cc5[C@@H]43)cc2c2c1COC2. The summed E-state index contributed by atoms with van der Waals surface area (Å²) in [6, 6.07) is 4.98. The van der Waals surface area contributed by atoms with Crippen LogP contribution in [0.1, 0.15) is 33.2 Å². The van der Waals surface area contributed by atoms with Crippen LogP contribution in [0.15, 0.2) is 28.9 Å². The maximum atomic E-state index is 13.5. The van der Waals surface area contributed by atoms with Gasteiger partial charge in [-0.25, -0.2) is 9.97 Å². The number of morpholine rings is 1. The van der Waals surface area contributed by atoms with Crippen molar-refractivity contribution in [3.05, 3.63) is 56.3 Å². The minimum Gasteiger partial charge on any atom is -0.462 e. The molecule has 5 heterocycles. The number of ether oxygens (including phenoxy) is 3. The number of nitrogens with zero attached hydrogens (tertiary/aromatic N) is 3. The van der Waals surface area contributed by atoms with Crippen LogP contribution < -0.4 is 10.5 Å². The number of pyridine rings is 2. The van der Waals surface area contributed by atoms with E-state index in [-0.39, 0.29) is 5.91 Å². The third-order valence-corrected chi connectivity index (χ3v) is 7.11. The Labute approximate surface area is 190 Å². The number of carbonyl (C=O) groups excluding carboxylic acids is 1. The number of nitrogen functional groups attached to an aromatic ring is 1. The molecule has 0 saturated carbocycles. The maximum Gasteiger partial charge on any atom is 0.273 e. The lowest BCUT2D eigenvalue weighted by Gasteiger charge is -2.36. The summed E-state index contributed by atoms with van der Waals surface area (Å²) in [4.78, 5) is 24.1. The first-order valence-electron chi connectivity index (χ1n) is 9.74. The first kappa shape index (κ1) is 19.2. The van der Waals surface area contributed by atoms with Crippen LogP contribution in [-0.4, -0.2) is 40.2 Å². The van der Waals surface area contributed by atoms with E-state index in [4.69, 9.17) is 31.5 Å². The van der Waals surface area contributed by atoms with Gasteiger partial charge in [0.15, 0.2) is 0 Å². The molecule has 2 aromatic heterocycles. The van der Waals surface area contributed by atoms with E-state index in [1.54, 1.807) is 23.2 Å². The van der Waals surface area contributed by atoms with Crippen LogP contribution in [0.4, 0.5) is 5.82 Å². The Morgan fingerprint density at radius 2 is 2.10 bits per heavy atom. The first-order valence-corrected chi connectivity index (χ1v) is 10.9. The molecule has 8 nitrogen and oxygen atoms in total. The lowest BCUT2D eigenvalue weighted by Crippen LogP contribution is -2.47. The van der Waals surface area contributed by atoms with E-state index in [0.29, 0.717) is 54.2 Å². The van der Waals surface area contributed by atoms with Crippen LogP contribution in [0.2, 0.25) is 5.02 Å². The Hall–Kier alpha value is -2.46. The van der Waals surface area contributed by atoms with Crippen molar-refractivity contribution in [2.45, 2.75) is 25.5 Å². The zero-order valence-electron chi connectivity index (χ0n) is 16.1. The van der Waals surface area contributed by atoms with Gasteiger partial charge in [0.05, 0.1) is 36.6 Å². The van der Waals surface area contributed by atoms with Gasteiger partial charge in [-0.3, -0.25) is 4.79 Å². The van der Waals surface area contributed by atoms with Crippen molar-refractivity contribution in [3.63, 3.8) is 0 Å². The van der Waals surface area contributed by atoms with Gasteiger partial charge in [-0.05, 0) is 39.7 Å². The maximum absolute atomic E-state index is 13.5. The molecule has 6 rings (SSSR count). The standard InChI is InChI=1S/C21H16BrClN4O4/c22-13-5-17-10(3-14(13)23)18-21(31-17)30-2-1-27(18)20(28)15-4-9-11-7-29-8-12(11)19(24)26-16(9)6-25-15/h3-6,18,21H,1-2,7-8H2,(H2,24,26)/t18-,21+/m0/s1. The summed E-state index contributed by atoms with van der Waals surface area (Å²) in [5, 5.41) is 1.38. The molecule has 3 aromatic rings. The zero-order chi connectivity index (χ0) is 21.3. The number of aromatic nitrogens is 2. The van der Waals surface area contributed by atoms with Gasteiger partial charge in [-0.2, -0.15) is 0 Å². The number of hydrogen-bond acceptors (Lipinski definition) is 7. The number of rotatable bonds is 1. The van der Waals surface area contributed by atoms with Gasteiger partial charge in [0.2, 0.25) is 6.29 Å². The van der Waals surface area contributed by atoms with Crippen LogP contribution in [0, 0.1) is 0 Å². The predicted octanol–water partition coefficient (Wildman–Crippen LogP) is 3.59. The Balaban J connectivity index is 1.41. The molecule has 1 amide bonds. The van der Waals surface area contributed by atoms with Gasteiger partial charge in [-0.1, -0.05) is 11.6 Å². The number of carbonyl (C=O) groups is 1. The van der Waals surface area contributed by atoms with Crippen molar-refractivity contribution in [3.8, 4) is 5.75 Å². The van der Waals surface area contributed by atoms with Gasteiger partial charge in [0.25, 0.3) is 5.91 Å². The molecule has 0 spiro atoms. The van der Waals surface area contributed by atoms with Crippen molar-refractivity contribution in [2.75, 3.05) is 18.9 Å². The summed E-state index contributed by atoms with van der Waals surface area (Å²) in [5.41, 5.74) is 9.67. The van der Waals surface area contributed by atoms with Crippen molar-refractivity contribution in [1.29, 1.82) is 0 Å². The van der Waals surface area contributed by atoms with Gasteiger partial charge in [-0.15, -0.1) is 0 Å². The second-order valence-corrected chi connectivity index (χ2v) is 8.90. The number of anilines is 1. The molecule has 31 heavy (non-hydrogen) atoms. The molecule has 2 N–H and O–H groups in total. The topological polar surface area (TPSA) is 99.8 Å². The van der Waals surface area contributed by atoms with Gasteiger partial charge < -0.3 is 24.8 Å². The lowest BCUT2D eigenvalue weighted by molar-refractivity contribution is -0.140. The number of fused-ring (bicyclic) bond motifs is 6. The van der Waals surface area contributed by atoms with Gasteiger partial charge in [0, 0.05) is 27.5 Å². The van der Waals surface area contributed by atoms with Gasteiger partial charge >= 0.3 is 0 Å². The van der Waals surface area contributed by atoms with E-state index < -0.39 is 12.3 Å². The summed E-state index contributed by atoms with van der Waals surface area (Å²) in [7, 11) is 0. The van der Waals surface area contributed by atoms with E-state index in [1.807, 2.05) is 6.07 Å². The van der Waals surface area contributed by atoms with Crippen LogP contribution in [-0.2, 0) is 22.7 Å². The molecule has 1 fully saturated rings. The second-order valence-electron chi connectivity index (χ2n) is 7.64. The third kappa shape index (κ3) is 2.91. The third-order valence-electron chi connectivity index (χ3n) is 5.92. The Kier molecular flexibility index (Phi) is 4.36. The largest absolute Gasteiger partial charge is 0.462 e. The molecule has 3 aliphatic rings. The quantitative estimate of drug-likeness (QED) is 0.542. The summed E-state index contributed by atoms with van der Waals surface area (Å²) in [5.74, 6) is 0.881. The van der Waals surface area contributed by atoms with E-state index in [9.17, 15) is 4.79 Å². The average Bonchev–Trinajstić information content (AvgIpc) is 3.39. The molecule has 0 aliphatic carbocycles. The normalized spacial score (nSPS) is 21.5. The average molecular weight is 504 g/mol. The van der Waals surface area contributed by atoms with Crippen molar-refractivity contribution in [2.24, 2.45) is 0 Å². The summed E-state index contributed by atoms with van der Waals surface area (Å²) >= 11 is 9.73. The lowest BCUT2D eigenvalue weighted by atomic mass is 10.0. The highest BCUT2D eigenvalue weighted by molar-refractivity contribution is 9.10. The monoisotopic (exact) mass is 502 g/mol. The summed E-state index contributed by atoms with van der Waals surface area (Å²) in [6.45, 7) is 1.64. The molecule has 0 radical (unpaired) electrons. The fraction of sp³-hybridized carbons (Fsp3) is 0.286. The summed E-state index contributed by atoms with van der Waals surface area (Å²) < 4.78 is 18.0. The van der Waals surface area contributed by atoms with E-state index >= 15 is 0 Å². The molecular weight excluding hydrogens is 488 g/mol. The van der Waals surface area contributed by atoms with Crippen LogP contribution >= 0.6 is 27.5 Å². The van der Waals surface area contributed by atoms with Crippen LogP contribution in [0.5, 0.6) is 5.75 Å². The Bertz CT molecular complexity index is 1270. The number of nitrogens with two attached hydrogens (primary N) is 1. The Morgan fingerprint density at radius 1 is 1.26 bits per heavy atom. The zero-order valence-corrected chi connectivity index (χ0v) is 18.4. The number of hydrogen-bond donors (Lipinski definition) is 1. The number of halogens is 2. The van der Waals surface area contributed by atoms with Crippen molar-refractivity contribution < 1.29 is 19.0 Å². The van der Waals surface area contributed by atoms with E-state index in [0.717, 1.165) is 26.5 Å². The Morgan fingerprint density at radius 3 is 2.97 bits per heavy atom. The predicted molar refractivity (Wildman–Crippen MR) is 116 cm³/mol. The highest BCUT2D eigenvalue weighted by Crippen LogP contribution is 2.46. The highest BCUT2D eigenvalue weighted by Gasteiger charge is 2.45. The first-order chi connectivity index (χ1) is 15.0. The minimum absolute atomic E-state index is 0.208. The molecule has 10 heteroatoms. The van der Waals surface area contributed by atoms with E-state index in [2.05, 4.69) is 25.9 Å². The highest BCUT2D eigenvalue weighted by atomic mass is 79.9. The molecule has 0 bridgehead atoms. The molecule has 3 aliphatic heterocycles. The smallest absolute Gasteiger partial charge is 0.273 e. The van der Waals surface area contributed by atoms with E-state index in [1.165, 1.54) is 0 Å². The molecule has 1 aromatic carbocycles. The van der Waals surface area contributed by atoms with Crippen LogP contribution in [0.3, 0.4) is 0 Å². The fourth-order valence-electron chi connectivity index (χ4n) is 4.43. The molecule has 158 valence electrons. The molecular formula is C21H16BrClN4O4. The van der Waals surface area contributed by atoms with Crippen molar-refractivity contribution >= 4 is 50.2 Å². The molecule has 1 saturated heterocycles. The number of amides is 1. The van der Waals surface area contributed by atoms with Crippen LogP contribution in [0.25, 0.3) is 10.9 Å². The van der Waals surface area contributed by atoms with Gasteiger partial charge in [0.1, 0.15) is 23.3 Å². The molecule has 2 atom stereocenters. The summed E-state index contributed by atoms with van der Waals surface area (Å²) in [6.07, 6.45) is 1.00. The number of benzene rings is 1. The fourth-order valence-corrected chi connectivity index (χ4v) is 4.92. The second kappa shape index (κ2) is 7.03. The van der Waals surface area contributed by atoms with Crippen molar-refractivity contribution in [1.82, 2.24) is 14.9 Å². The minimum atomic E-state index is -0.586.